The maximum atomic E-state index is 10.9. The van der Waals surface area contributed by atoms with Gasteiger partial charge in [-0.15, -0.1) is 0 Å². The second-order valence-corrected chi connectivity index (χ2v) is 2.81. The van der Waals surface area contributed by atoms with E-state index in [4.69, 9.17) is 4.74 Å². The zero-order chi connectivity index (χ0) is 10.1. The molecule has 0 aromatic carbocycles. The van der Waals surface area contributed by atoms with Crippen LogP contribution in [0.3, 0.4) is 0 Å². The van der Waals surface area contributed by atoms with Gasteiger partial charge in [-0.25, -0.2) is 4.79 Å². The van der Waals surface area contributed by atoms with E-state index in [2.05, 4.69) is 11.7 Å². The number of hydrogen-bond donors (Lipinski definition) is 0. The highest BCUT2D eigenvalue weighted by Crippen LogP contribution is 1.96. The van der Waals surface area contributed by atoms with Crippen molar-refractivity contribution in [2.24, 2.45) is 0 Å². The summed E-state index contributed by atoms with van der Waals surface area (Å²) in [5, 5.41) is 0. The van der Waals surface area contributed by atoms with Gasteiger partial charge in [0.05, 0.1) is 13.7 Å². The molecular weight excluding hydrogens is 168 g/mol. The van der Waals surface area contributed by atoms with Crippen LogP contribution in [-0.4, -0.2) is 26.3 Å². The summed E-state index contributed by atoms with van der Waals surface area (Å²) >= 11 is 0. The fourth-order valence-electron chi connectivity index (χ4n) is 0.758. The number of carbonyl (C=O) groups is 1. The average molecular weight is 186 g/mol. The van der Waals surface area contributed by atoms with Crippen LogP contribution >= 0.6 is 0 Å². The van der Waals surface area contributed by atoms with E-state index in [-0.39, 0.29) is 5.97 Å². The lowest BCUT2D eigenvalue weighted by Gasteiger charge is -2.00. The molecule has 3 nitrogen and oxygen atoms in total. The summed E-state index contributed by atoms with van der Waals surface area (Å²) in [5.74, 6) is -0.293. The SMILES string of the molecule is CCCCOCC=C(C)C(=O)OC. The molecule has 0 aliphatic carbocycles. The van der Waals surface area contributed by atoms with Gasteiger partial charge in [-0.2, -0.15) is 0 Å². The van der Waals surface area contributed by atoms with Crippen LogP contribution in [0, 0.1) is 0 Å². The van der Waals surface area contributed by atoms with Gasteiger partial charge in [0.1, 0.15) is 0 Å². The van der Waals surface area contributed by atoms with E-state index < -0.39 is 0 Å². The van der Waals surface area contributed by atoms with Crippen LogP contribution in [-0.2, 0) is 14.3 Å². The lowest BCUT2D eigenvalue weighted by atomic mass is 10.3. The van der Waals surface area contributed by atoms with E-state index in [9.17, 15) is 4.79 Å². The van der Waals surface area contributed by atoms with Crippen molar-refractivity contribution in [3.8, 4) is 0 Å². The molecule has 0 rings (SSSR count). The van der Waals surface area contributed by atoms with Crippen molar-refractivity contribution in [3.05, 3.63) is 11.6 Å². The number of unbranched alkanes of at least 4 members (excludes halogenated alkanes) is 1. The van der Waals surface area contributed by atoms with E-state index in [1.165, 1.54) is 7.11 Å². The van der Waals surface area contributed by atoms with Crippen molar-refractivity contribution in [3.63, 3.8) is 0 Å². The molecule has 0 N–H and O–H groups in total. The van der Waals surface area contributed by atoms with Crippen LogP contribution in [0.2, 0.25) is 0 Å². The lowest BCUT2D eigenvalue weighted by molar-refractivity contribution is -0.136. The zero-order valence-electron chi connectivity index (χ0n) is 8.63. The molecule has 13 heavy (non-hydrogen) atoms. The monoisotopic (exact) mass is 186 g/mol. The Balaban J connectivity index is 3.53. The van der Waals surface area contributed by atoms with Gasteiger partial charge in [0.25, 0.3) is 0 Å². The molecule has 3 heteroatoms. The quantitative estimate of drug-likeness (QED) is 0.361. The Hall–Kier alpha value is -0.830. The minimum absolute atomic E-state index is 0.293. The third-order valence-corrected chi connectivity index (χ3v) is 1.66. The topological polar surface area (TPSA) is 35.5 Å². The van der Waals surface area contributed by atoms with Crippen LogP contribution in [0.4, 0.5) is 0 Å². The number of methoxy groups -OCH3 is 1. The van der Waals surface area contributed by atoms with Crippen molar-refractivity contribution in [2.45, 2.75) is 26.7 Å². The first-order chi connectivity index (χ1) is 6.22. The van der Waals surface area contributed by atoms with E-state index in [1.54, 1.807) is 13.0 Å². The minimum atomic E-state index is -0.293. The molecule has 0 saturated carbocycles. The highest BCUT2D eigenvalue weighted by molar-refractivity contribution is 5.87. The first-order valence-electron chi connectivity index (χ1n) is 4.55. The number of esters is 1. The van der Waals surface area contributed by atoms with E-state index in [1.807, 2.05) is 0 Å². The summed E-state index contributed by atoms with van der Waals surface area (Å²) in [6.07, 6.45) is 3.92. The third-order valence-electron chi connectivity index (χ3n) is 1.66. The Morgan fingerprint density at radius 3 is 2.69 bits per heavy atom. The summed E-state index contributed by atoms with van der Waals surface area (Å²) in [5.41, 5.74) is 0.596. The van der Waals surface area contributed by atoms with E-state index in [0.29, 0.717) is 12.2 Å². The molecule has 0 aromatic heterocycles. The summed E-state index contributed by atoms with van der Waals surface area (Å²) < 4.78 is 9.78. The van der Waals surface area contributed by atoms with Crippen LogP contribution in [0.15, 0.2) is 11.6 Å². The molecule has 0 radical (unpaired) electrons. The van der Waals surface area contributed by atoms with Gasteiger partial charge in [0.15, 0.2) is 0 Å². The average Bonchev–Trinajstić information content (AvgIpc) is 2.16. The van der Waals surface area contributed by atoms with E-state index in [0.717, 1.165) is 19.4 Å². The Morgan fingerprint density at radius 1 is 1.46 bits per heavy atom. The Labute approximate surface area is 79.7 Å². The van der Waals surface area contributed by atoms with Gasteiger partial charge in [-0.05, 0) is 19.4 Å². The largest absolute Gasteiger partial charge is 0.466 e. The summed E-state index contributed by atoms with van der Waals surface area (Å²) in [6, 6.07) is 0. The third kappa shape index (κ3) is 6.34. The lowest BCUT2D eigenvalue weighted by Crippen LogP contribution is -2.03. The van der Waals surface area contributed by atoms with Crippen molar-refractivity contribution in [1.29, 1.82) is 0 Å². The molecule has 0 fully saturated rings. The normalized spacial score (nSPS) is 11.5. The number of hydrogen-bond acceptors (Lipinski definition) is 3. The minimum Gasteiger partial charge on any atom is -0.466 e. The van der Waals surface area contributed by atoms with Crippen molar-refractivity contribution >= 4 is 5.97 Å². The maximum Gasteiger partial charge on any atom is 0.333 e. The van der Waals surface area contributed by atoms with Crippen LogP contribution in [0.5, 0.6) is 0 Å². The Bertz CT molecular complexity index is 173. The number of ether oxygens (including phenoxy) is 2. The van der Waals surface area contributed by atoms with Crippen molar-refractivity contribution < 1.29 is 14.3 Å². The Kier molecular flexibility index (Phi) is 7.30. The predicted molar refractivity (Wildman–Crippen MR) is 51.5 cm³/mol. The second kappa shape index (κ2) is 7.80. The maximum absolute atomic E-state index is 10.9. The molecule has 0 amide bonds. The van der Waals surface area contributed by atoms with Crippen LogP contribution < -0.4 is 0 Å². The zero-order valence-corrected chi connectivity index (χ0v) is 8.63. The van der Waals surface area contributed by atoms with Crippen LogP contribution in [0.25, 0.3) is 0 Å². The summed E-state index contributed by atoms with van der Waals surface area (Å²) in [6.45, 7) is 5.07. The fraction of sp³-hybridized carbons (Fsp3) is 0.700. The number of carbonyl (C=O) groups excluding carboxylic acids is 1. The molecule has 0 aliphatic heterocycles. The first-order valence-corrected chi connectivity index (χ1v) is 4.55. The van der Waals surface area contributed by atoms with Gasteiger partial charge in [-0.3, -0.25) is 0 Å². The highest BCUT2D eigenvalue weighted by Gasteiger charge is 2.00. The molecular formula is C10H18O3. The molecule has 0 bridgehead atoms. The fourth-order valence-corrected chi connectivity index (χ4v) is 0.758. The van der Waals surface area contributed by atoms with Crippen LogP contribution in [0.1, 0.15) is 26.7 Å². The molecule has 76 valence electrons. The van der Waals surface area contributed by atoms with Gasteiger partial charge in [0, 0.05) is 12.2 Å². The van der Waals surface area contributed by atoms with Gasteiger partial charge in [-0.1, -0.05) is 13.3 Å². The standard InChI is InChI=1S/C10H18O3/c1-4-5-7-13-8-6-9(2)10(11)12-3/h6H,4-5,7-8H2,1-3H3. The first kappa shape index (κ1) is 12.2. The van der Waals surface area contributed by atoms with Crippen molar-refractivity contribution in [2.75, 3.05) is 20.3 Å². The smallest absolute Gasteiger partial charge is 0.333 e. The highest BCUT2D eigenvalue weighted by atomic mass is 16.5. The summed E-state index contributed by atoms with van der Waals surface area (Å²) in [4.78, 5) is 10.9. The van der Waals surface area contributed by atoms with Crippen molar-refractivity contribution in [1.82, 2.24) is 0 Å². The van der Waals surface area contributed by atoms with Gasteiger partial charge >= 0.3 is 5.97 Å². The molecule has 0 atom stereocenters. The van der Waals surface area contributed by atoms with Gasteiger partial charge < -0.3 is 9.47 Å². The van der Waals surface area contributed by atoms with E-state index >= 15 is 0 Å². The molecule has 0 spiro atoms. The summed E-state index contributed by atoms with van der Waals surface area (Å²) in [7, 11) is 1.37. The second-order valence-electron chi connectivity index (χ2n) is 2.81. The number of rotatable bonds is 6. The molecule has 0 heterocycles. The molecule has 0 aliphatic rings. The Morgan fingerprint density at radius 2 is 2.15 bits per heavy atom. The molecule has 0 saturated heterocycles. The van der Waals surface area contributed by atoms with Gasteiger partial charge in [0.2, 0.25) is 0 Å². The predicted octanol–water partition coefficient (Wildman–Crippen LogP) is 1.92. The molecule has 0 aromatic rings. The molecule has 0 unspecified atom stereocenters.